The molecule has 0 fully saturated rings. The summed E-state index contributed by atoms with van der Waals surface area (Å²) >= 11 is 5.07. The zero-order valence-electron chi connectivity index (χ0n) is 12.2. The van der Waals surface area contributed by atoms with Gasteiger partial charge >= 0.3 is 0 Å². The fourth-order valence-electron chi connectivity index (χ4n) is 2.35. The lowest BCUT2D eigenvalue weighted by molar-refractivity contribution is 0.632. The van der Waals surface area contributed by atoms with Crippen LogP contribution in [0.25, 0.3) is 10.2 Å². The van der Waals surface area contributed by atoms with Crippen molar-refractivity contribution >= 4 is 37.5 Å². The molecule has 0 aliphatic rings. The average molecular weight is 367 g/mol. The molecule has 0 radical (unpaired) electrons. The van der Waals surface area contributed by atoms with Crippen molar-refractivity contribution in [3.63, 3.8) is 0 Å². The van der Waals surface area contributed by atoms with E-state index < -0.39 is 0 Å². The summed E-state index contributed by atoms with van der Waals surface area (Å²) in [6.45, 7) is 8.36. The molecule has 110 valence electrons. The standard InChI is InChI=1S/C14H15BrN4OS/c1-6-9(4)21-14-11(6)13(20)16-10(17-14)5-19-8(3)12(15)7(2)18-19/h5H2,1-4H3,(H,16,17,20). The number of fused-ring (bicyclic) bond motifs is 1. The van der Waals surface area contributed by atoms with Crippen LogP contribution in [-0.4, -0.2) is 19.7 Å². The minimum atomic E-state index is -0.0718. The Hall–Kier alpha value is -1.47. The second kappa shape index (κ2) is 5.06. The van der Waals surface area contributed by atoms with Crippen molar-refractivity contribution < 1.29 is 0 Å². The number of aromatic amines is 1. The number of hydrogen-bond acceptors (Lipinski definition) is 4. The number of H-pyrrole nitrogens is 1. The molecule has 0 saturated heterocycles. The molecule has 0 aliphatic carbocycles. The van der Waals surface area contributed by atoms with Gasteiger partial charge in [0.25, 0.3) is 5.56 Å². The average Bonchev–Trinajstić information content (AvgIpc) is 2.83. The third kappa shape index (κ3) is 2.34. The van der Waals surface area contributed by atoms with Gasteiger partial charge in [-0.25, -0.2) is 4.98 Å². The number of hydrogen-bond donors (Lipinski definition) is 1. The van der Waals surface area contributed by atoms with Crippen molar-refractivity contribution in [2.24, 2.45) is 0 Å². The Bertz CT molecular complexity index is 906. The van der Waals surface area contributed by atoms with Crippen LogP contribution in [0.2, 0.25) is 0 Å². The lowest BCUT2D eigenvalue weighted by atomic mass is 10.2. The van der Waals surface area contributed by atoms with Crippen molar-refractivity contribution in [3.05, 3.63) is 42.5 Å². The van der Waals surface area contributed by atoms with Crippen LogP contribution < -0.4 is 5.56 Å². The second-order valence-corrected chi connectivity index (χ2v) is 7.11. The highest BCUT2D eigenvalue weighted by molar-refractivity contribution is 9.10. The number of thiophene rings is 1. The first kappa shape index (κ1) is 14.5. The van der Waals surface area contributed by atoms with E-state index in [2.05, 4.69) is 31.0 Å². The number of aromatic nitrogens is 4. The van der Waals surface area contributed by atoms with Gasteiger partial charge in [-0.05, 0) is 49.2 Å². The molecular formula is C14H15BrN4OS. The van der Waals surface area contributed by atoms with E-state index in [-0.39, 0.29) is 5.56 Å². The smallest absolute Gasteiger partial charge is 0.259 e. The normalized spacial score (nSPS) is 11.5. The van der Waals surface area contributed by atoms with Gasteiger partial charge < -0.3 is 4.98 Å². The number of rotatable bonds is 2. The van der Waals surface area contributed by atoms with Crippen molar-refractivity contribution in [2.75, 3.05) is 0 Å². The summed E-state index contributed by atoms with van der Waals surface area (Å²) < 4.78 is 2.84. The fourth-order valence-corrected chi connectivity index (χ4v) is 3.68. The Kier molecular flexibility index (Phi) is 3.49. The predicted molar refractivity (Wildman–Crippen MR) is 88.2 cm³/mol. The molecule has 3 aromatic rings. The zero-order valence-corrected chi connectivity index (χ0v) is 14.6. The van der Waals surface area contributed by atoms with Crippen LogP contribution >= 0.6 is 27.3 Å². The van der Waals surface area contributed by atoms with Gasteiger partial charge in [0.2, 0.25) is 0 Å². The van der Waals surface area contributed by atoms with E-state index in [4.69, 9.17) is 0 Å². The Morgan fingerprint density at radius 1 is 1.29 bits per heavy atom. The molecule has 3 rings (SSSR count). The topological polar surface area (TPSA) is 63.6 Å². The highest BCUT2D eigenvalue weighted by Gasteiger charge is 2.14. The molecule has 1 N–H and O–H groups in total. The molecule has 0 amide bonds. The Labute approximate surface area is 134 Å². The van der Waals surface area contributed by atoms with Crippen LogP contribution in [0.1, 0.15) is 27.7 Å². The van der Waals surface area contributed by atoms with Gasteiger partial charge in [0.1, 0.15) is 10.7 Å². The minimum absolute atomic E-state index is 0.0718. The number of nitrogens with one attached hydrogen (secondary N) is 1. The van der Waals surface area contributed by atoms with E-state index in [1.807, 2.05) is 32.4 Å². The first-order chi connectivity index (χ1) is 9.88. The molecule has 0 aliphatic heterocycles. The third-order valence-electron chi connectivity index (χ3n) is 3.68. The molecule has 0 aromatic carbocycles. The zero-order chi connectivity index (χ0) is 15.3. The van der Waals surface area contributed by atoms with Gasteiger partial charge in [0, 0.05) is 4.88 Å². The van der Waals surface area contributed by atoms with Crippen LogP contribution in [0.5, 0.6) is 0 Å². The van der Waals surface area contributed by atoms with Crippen LogP contribution in [0.4, 0.5) is 0 Å². The Balaban J connectivity index is 2.09. The van der Waals surface area contributed by atoms with Gasteiger partial charge in [-0.3, -0.25) is 9.48 Å². The van der Waals surface area contributed by atoms with Crippen LogP contribution in [0, 0.1) is 27.7 Å². The quantitative estimate of drug-likeness (QED) is 0.757. The molecule has 21 heavy (non-hydrogen) atoms. The molecule has 7 heteroatoms. The number of nitrogens with zero attached hydrogens (tertiary/aromatic N) is 3. The van der Waals surface area contributed by atoms with Crippen LogP contribution in [-0.2, 0) is 6.54 Å². The van der Waals surface area contributed by atoms with Crippen molar-refractivity contribution in [1.29, 1.82) is 0 Å². The lowest BCUT2D eigenvalue weighted by Gasteiger charge is -2.04. The Morgan fingerprint density at radius 2 is 2.00 bits per heavy atom. The molecule has 0 spiro atoms. The van der Waals surface area contributed by atoms with Crippen LogP contribution in [0.3, 0.4) is 0 Å². The molecule has 3 aromatic heterocycles. The highest BCUT2D eigenvalue weighted by Crippen LogP contribution is 2.26. The summed E-state index contributed by atoms with van der Waals surface area (Å²) in [5.74, 6) is 0.631. The van der Waals surface area contributed by atoms with E-state index in [1.54, 1.807) is 11.3 Å². The van der Waals surface area contributed by atoms with E-state index >= 15 is 0 Å². The van der Waals surface area contributed by atoms with Crippen molar-refractivity contribution in [2.45, 2.75) is 34.2 Å². The number of halogens is 1. The van der Waals surface area contributed by atoms with E-state index in [0.29, 0.717) is 17.8 Å². The highest BCUT2D eigenvalue weighted by atomic mass is 79.9. The van der Waals surface area contributed by atoms with Gasteiger partial charge in [0.05, 0.1) is 27.8 Å². The van der Waals surface area contributed by atoms with Gasteiger partial charge in [-0.1, -0.05) is 0 Å². The first-order valence-corrected chi connectivity index (χ1v) is 8.18. The maximum Gasteiger partial charge on any atom is 0.259 e. The van der Waals surface area contributed by atoms with Crippen molar-refractivity contribution in [3.8, 4) is 0 Å². The largest absolute Gasteiger partial charge is 0.308 e. The second-order valence-electron chi connectivity index (χ2n) is 5.12. The molecular weight excluding hydrogens is 352 g/mol. The minimum Gasteiger partial charge on any atom is -0.308 e. The molecule has 3 heterocycles. The van der Waals surface area contributed by atoms with E-state index in [1.165, 1.54) is 0 Å². The summed E-state index contributed by atoms with van der Waals surface area (Å²) in [6, 6.07) is 0. The molecule has 0 saturated carbocycles. The van der Waals surface area contributed by atoms with Gasteiger partial charge in [-0.2, -0.15) is 5.10 Å². The monoisotopic (exact) mass is 366 g/mol. The van der Waals surface area contributed by atoms with Gasteiger partial charge in [0.15, 0.2) is 0 Å². The summed E-state index contributed by atoms with van der Waals surface area (Å²) in [6.07, 6.45) is 0. The van der Waals surface area contributed by atoms with Crippen molar-refractivity contribution in [1.82, 2.24) is 19.7 Å². The molecule has 5 nitrogen and oxygen atoms in total. The predicted octanol–water partition coefficient (Wildman–Crippen LogP) is 3.23. The molecule has 0 atom stereocenters. The Morgan fingerprint density at radius 3 is 2.62 bits per heavy atom. The first-order valence-electron chi connectivity index (χ1n) is 6.57. The number of aryl methyl sites for hydroxylation is 3. The van der Waals surface area contributed by atoms with E-state index in [0.717, 1.165) is 31.1 Å². The summed E-state index contributed by atoms with van der Waals surface area (Å²) in [5.41, 5.74) is 2.90. The SMILES string of the molecule is Cc1nn(Cc2nc3sc(C)c(C)c3c(=O)[nH]2)c(C)c1Br. The maximum atomic E-state index is 12.3. The summed E-state index contributed by atoms with van der Waals surface area (Å²) in [4.78, 5) is 21.6. The molecule has 0 unspecified atom stereocenters. The summed E-state index contributed by atoms with van der Waals surface area (Å²) in [5, 5.41) is 5.15. The molecule has 0 bridgehead atoms. The lowest BCUT2D eigenvalue weighted by Crippen LogP contribution is -2.15. The van der Waals surface area contributed by atoms with Crippen LogP contribution in [0.15, 0.2) is 9.27 Å². The maximum absolute atomic E-state index is 12.3. The fraction of sp³-hybridized carbons (Fsp3) is 0.357. The van der Waals surface area contributed by atoms with Gasteiger partial charge in [-0.15, -0.1) is 11.3 Å². The van der Waals surface area contributed by atoms with E-state index in [9.17, 15) is 4.79 Å². The summed E-state index contributed by atoms with van der Waals surface area (Å²) in [7, 11) is 0. The third-order valence-corrected chi connectivity index (χ3v) is 5.93.